The molecule has 0 aliphatic rings. The summed E-state index contributed by atoms with van der Waals surface area (Å²) in [6.45, 7) is 6.23. The highest BCUT2D eigenvalue weighted by Crippen LogP contribution is 2.13. The lowest BCUT2D eigenvalue weighted by Crippen LogP contribution is -2.54. The Balaban J connectivity index is 1.85. The zero-order valence-corrected chi connectivity index (χ0v) is 20.2. The normalized spacial score (nSPS) is 12.0. The van der Waals surface area contributed by atoms with E-state index in [4.69, 9.17) is 15.2 Å². The topological polar surface area (TPSA) is 83.3 Å². The number of nitrogens with zero attached hydrogens (tertiary/aromatic N) is 3. The van der Waals surface area contributed by atoms with E-state index in [0.29, 0.717) is 19.6 Å². The first-order valence-electron chi connectivity index (χ1n) is 10.9. The van der Waals surface area contributed by atoms with Gasteiger partial charge >= 0.3 is 0 Å². The molecule has 3 N–H and O–H groups in total. The number of carbonyl (C=O) groups is 1. The standard InChI is InChI=1S/C25H37N5O3/c1-6-15-30(24(26)18-28(2)17-21-9-13-23(33-5)14-10-21)25(31)19-29(3)27-16-20-7-11-22(32-4)12-8-20/h6-14,24,27H,1,15-19,26H2,2-5H3. The van der Waals surface area contributed by atoms with Crippen LogP contribution in [0.3, 0.4) is 0 Å². The van der Waals surface area contributed by atoms with Crippen LogP contribution < -0.4 is 20.6 Å². The van der Waals surface area contributed by atoms with Crippen LogP contribution in [0.2, 0.25) is 0 Å². The van der Waals surface area contributed by atoms with Gasteiger partial charge in [-0.2, -0.15) is 0 Å². The van der Waals surface area contributed by atoms with E-state index in [1.54, 1.807) is 30.2 Å². The molecule has 1 atom stereocenters. The van der Waals surface area contributed by atoms with Crippen LogP contribution in [0.5, 0.6) is 11.5 Å². The van der Waals surface area contributed by atoms with Gasteiger partial charge in [0, 0.05) is 33.2 Å². The Labute approximate surface area is 197 Å². The van der Waals surface area contributed by atoms with E-state index in [1.807, 2.05) is 62.6 Å². The molecule has 1 amide bonds. The number of ether oxygens (including phenoxy) is 2. The van der Waals surface area contributed by atoms with Crippen molar-refractivity contribution >= 4 is 5.91 Å². The second-order valence-corrected chi connectivity index (χ2v) is 7.99. The van der Waals surface area contributed by atoms with Crippen LogP contribution >= 0.6 is 0 Å². The van der Waals surface area contributed by atoms with E-state index in [9.17, 15) is 4.79 Å². The molecule has 0 radical (unpaired) electrons. The molecule has 0 spiro atoms. The maximum absolute atomic E-state index is 13.0. The Morgan fingerprint density at radius 3 is 2.09 bits per heavy atom. The number of carbonyl (C=O) groups excluding carboxylic acids is 1. The molecule has 8 nitrogen and oxygen atoms in total. The summed E-state index contributed by atoms with van der Waals surface area (Å²) >= 11 is 0. The third-order valence-corrected chi connectivity index (χ3v) is 5.24. The molecule has 33 heavy (non-hydrogen) atoms. The van der Waals surface area contributed by atoms with E-state index in [0.717, 1.165) is 29.2 Å². The maximum atomic E-state index is 13.0. The van der Waals surface area contributed by atoms with E-state index < -0.39 is 6.17 Å². The highest BCUT2D eigenvalue weighted by Gasteiger charge is 2.22. The van der Waals surface area contributed by atoms with Crippen LogP contribution in [-0.2, 0) is 17.9 Å². The molecule has 0 aliphatic heterocycles. The van der Waals surface area contributed by atoms with Crippen molar-refractivity contribution in [2.24, 2.45) is 5.73 Å². The molecule has 0 aromatic heterocycles. The molecule has 8 heteroatoms. The molecule has 180 valence electrons. The van der Waals surface area contributed by atoms with Gasteiger partial charge in [0.05, 0.1) is 26.9 Å². The fourth-order valence-corrected chi connectivity index (χ4v) is 3.41. The van der Waals surface area contributed by atoms with Crippen molar-refractivity contribution in [3.8, 4) is 11.5 Å². The van der Waals surface area contributed by atoms with Gasteiger partial charge in [0.15, 0.2) is 0 Å². The van der Waals surface area contributed by atoms with Gasteiger partial charge in [-0.15, -0.1) is 6.58 Å². The Kier molecular flexibility index (Phi) is 10.9. The molecule has 0 aliphatic carbocycles. The molecule has 0 saturated carbocycles. The number of amides is 1. The molecule has 0 fully saturated rings. The summed E-state index contributed by atoms with van der Waals surface area (Å²) in [5.74, 6) is 1.57. The minimum atomic E-state index is -0.450. The summed E-state index contributed by atoms with van der Waals surface area (Å²) in [6.07, 6.45) is 1.25. The predicted molar refractivity (Wildman–Crippen MR) is 132 cm³/mol. The van der Waals surface area contributed by atoms with Gasteiger partial charge in [-0.3, -0.25) is 15.1 Å². The molecular weight excluding hydrogens is 418 g/mol. The predicted octanol–water partition coefficient (Wildman–Crippen LogP) is 2.07. The van der Waals surface area contributed by atoms with Gasteiger partial charge in [0.25, 0.3) is 0 Å². The maximum Gasteiger partial charge on any atom is 0.239 e. The number of likely N-dealkylation sites (N-methyl/N-ethyl adjacent to an activating group) is 2. The second-order valence-electron chi connectivity index (χ2n) is 7.99. The van der Waals surface area contributed by atoms with Crippen LogP contribution in [0, 0.1) is 0 Å². The van der Waals surface area contributed by atoms with Gasteiger partial charge in [-0.1, -0.05) is 30.3 Å². The van der Waals surface area contributed by atoms with Crippen LogP contribution in [0.4, 0.5) is 0 Å². The van der Waals surface area contributed by atoms with Crippen molar-refractivity contribution in [1.29, 1.82) is 0 Å². The Hall–Kier alpha value is -2.91. The van der Waals surface area contributed by atoms with Crippen molar-refractivity contribution in [1.82, 2.24) is 20.2 Å². The van der Waals surface area contributed by atoms with Gasteiger partial charge in [-0.25, -0.2) is 5.01 Å². The molecule has 0 saturated heterocycles. The average Bonchev–Trinajstić information content (AvgIpc) is 2.81. The lowest BCUT2D eigenvalue weighted by atomic mass is 10.2. The molecule has 0 heterocycles. The minimum absolute atomic E-state index is 0.0648. The first kappa shape index (κ1) is 26.3. The smallest absolute Gasteiger partial charge is 0.239 e. The van der Waals surface area contributed by atoms with Crippen LogP contribution in [0.25, 0.3) is 0 Å². The Morgan fingerprint density at radius 1 is 1.03 bits per heavy atom. The van der Waals surface area contributed by atoms with Crippen molar-refractivity contribution < 1.29 is 14.3 Å². The molecule has 2 aromatic carbocycles. The number of nitrogens with one attached hydrogen (secondary N) is 1. The summed E-state index contributed by atoms with van der Waals surface area (Å²) in [6, 6.07) is 15.7. The Bertz CT molecular complexity index is 857. The summed E-state index contributed by atoms with van der Waals surface area (Å²) in [7, 11) is 7.12. The number of hydrogen-bond acceptors (Lipinski definition) is 7. The first-order chi connectivity index (χ1) is 15.9. The number of hydrazine groups is 1. The first-order valence-corrected chi connectivity index (χ1v) is 10.9. The summed E-state index contributed by atoms with van der Waals surface area (Å²) < 4.78 is 10.4. The summed E-state index contributed by atoms with van der Waals surface area (Å²) in [5.41, 5.74) is 11.9. The fraction of sp³-hybridized carbons (Fsp3) is 0.400. The zero-order valence-electron chi connectivity index (χ0n) is 20.2. The van der Waals surface area contributed by atoms with E-state index in [1.165, 1.54) is 0 Å². The third kappa shape index (κ3) is 8.86. The number of hydrogen-bond donors (Lipinski definition) is 2. The number of methoxy groups -OCH3 is 2. The highest BCUT2D eigenvalue weighted by molar-refractivity contribution is 5.78. The van der Waals surface area contributed by atoms with Crippen molar-refractivity contribution in [3.05, 3.63) is 72.3 Å². The SMILES string of the molecule is C=CCN(C(=O)CN(C)NCc1ccc(OC)cc1)C(N)CN(C)Cc1ccc(OC)cc1. The number of nitrogens with two attached hydrogens (primary N) is 1. The van der Waals surface area contributed by atoms with Crippen molar-refractivity contribution in [2.45, 2.75) is 19.3 Å². The van der Waals surface area contributed by atoms with Crippen molar-refractivity contribution in [3.63, 3.8) is 0 Å². The van der Waals surface area contributed by atoms with Gasteiger partial charge in [-0.05, 0) is 42.4 Å². The van der Waals surface area contributed by atoms with Crippen LogP contribution in [-0.4, -0.2) is 74.8 Å². The molecule has 2 aromatic rings. The molecule has 2 rings (SSSR count). The van der Waals surface area contributed by atoms with Crippen LogP contribution in [0.15, 0.2) is 61.2 Å². The molecular formula is C25H37N5O3. The third-order valence-electron chi connectivity index (χ3n) is 5.24. The van der Waals surface area contributed by atoms with Gasteiger partial charge in [0.2, 0.25) is 5.91 Å². The lowest BCUT2D eigenvalue weighted by molar-refractivity contribution is -0.134. The van der Waals surface area contributed by atoms with Crippen molar-refractivity contribution in [2.75, 3.05) is 47.9 Å². The zero-order chi connectivity index (χ0) is 24.2. The van der Waals surface area contributed by atoms with E-state index in [-0.39, 0.29) is 12.5 Å². The fourth-order valence-electron chi connectivity index (χ4n) is 3.41. The minimum Gasteiger partial charge on any atom is -0.497 e. The van der Waals surface area contributed by atoms with Crippen LogP contribution in [0.1, 0.15) is 11.1 Å². The average molecular weight is 456 g/mol. The number of benzene rings is 2. The van der Waals surface area contributed by atoms with E-state index in [2.05, 4.69) is 16.9 Å². The number of rotatable bonds is 14. The lowest BCUT2D eigenvalue weighted by Gasteiger charge is -2.32. The van der Waals surface area contributed by atoms with E-state index >= 15 is 0 Å². The van der Waals surface area contributed by atoms with Gasteiger partial charge < -0.3 is 20.1 Å². The summed E-state index contributed by atoms with van der Waals surface area (Å²) in [5, 5.41) is 1.77. The second kappa shape index (κ2) is 13.6. The monoisotopic (exact) mass is 455 g/mol. The Morgan fingerprint density at radius 2 is 1.58 bits per heavy atom. The molecule has 0 bridgehead atoms. The van der Waals surface area contributed by atoms with Gasteiger partial charge in [0.1, 0.15) is 11.5 Å². The molecule has 1 unspecified atom stereocenters. The quantitative estimate of drug-likeness (QED) is 0.256. The largest absolute Gasteiger partial charge is 0.497 e. The highest BCUT2D eigenvalue weighted by atomic mass is 16.5. The summed E-state index contributed by atoms with van der Waals surface area (Å²) in [4.78, 5) is 16.7.